The van der Waals surface area contributed by atoms with E-state index in [2.05, 4.69) is 15.2 Å². The third-order valence-corrected chi connectivity index (χ3v) is 4.70. The van der Waals surface area contributed by atoms with Gasteiger partial charge in [0.1, 0.15) is 5.75 Å². The summed E-state index contributed by atoms with van der Waals surface area (Å²) in [7, 11) is 1.65. The Kier molecular flexibility index (Phi) is 6.01. The van der Waals surface area contributed by atoms with Crippen molar-refractivity contribution >= 4 is 5.91 Å². The maximum absolute atomic E-state index is 12.4. The molecule has 0 aliphatic carbocycles. The van der Waals surface area contributed by atoms with E-state index < -0.39 is 0 Å². The van der Waals surface area contributed by atoms with Crippen LogP contribution in [0.2, 0.25) is 0 Å². The van der Waals surface area contributed by atoms with Crippen LogP contribution in [0.1, 0.15) is 24.1 Å². The summed E-state index contributed by atoms with van der Waals surface area (Å²) in [5, 5.41) is 3.06. The Balaban J connectivity index is 1.41. The van der Waals surface area contributed by atoms with Crippen molar-refractivity contribution in [2.75, 3.05) is 20.2 Å². The lowest BCUT2D eigenvalue weighted by molar-refractivity contribution is -0.126. The minimum Gasteiger partial charge on any atom is -0.497 e. The molecule has 3 rings (SSSR count). The number of piperidine rings is 1. The third-order valence-electron chi connectivity index (χ3n) is 4.70. The summed E-state index contributed by atoms with van der Waals surface area (Å²) in [5.74, 6) is 1.10. The number of nitrogens with zero attached hydrogens (tertiary/aromatic N) is 2. The monoisotopic (exact) mass is 339 g/mol. The molecule has 0 bridgehead atoms. The smallest absolute Gasteiger partial charge is 0.223 e. The summed E-state index contributed by atoms with van der Waals surface area (Å²) in [6.45, 7) is 3.31. The first-order valence-corrected chi connectivity index (χ1v) is 8.77. The van der Waals surface area contributed by atoms with Crippen molar-refractivity contribution < 1.29 is 9.53 Å². The number of likely N-dealkylation sites (tertiary alicyclic amines) is 1. The fraction of sp³-hybridized carbons (Fsp3) is 0.400. The highest BCUT2D eigenvalue weighted by molar-refractivity contribution is 5.78. The lowest BCUT2D eigenvalue weighted by Gasteiger charge is -2.31. The second-order valence-corrected chi connectivity index (χ2v) is 6.44. The predicted molar refractivity (Wildman–Crippen MR) is 97.1 cm³/mol. The van der Waals surface area contributed by atoms with E-state index in [-0.39, 0.29) is 11.8 Å². The van der Waals surface area contributed by atoms with Gasteiger partial charge in [-0.1, -0.05) is 18.2 Å². The van der Waals surface area contributed by atoms with Crippen LogP contribution in [0.15, 0.2) is 48.7 Å². The molecule has 5 heteroatoms. The number of rotatable bonds is 6. The average Bonchev–Trinajstić information content (AvgIpc) is 2.68. The zero-order chi connectivity index (χ0) is 17.5. The number of pyridine rings is 1. The minimum atomic E-state index is 0.109. The van der Waals surface area contributed by atoms with E-state index in [4.69, 9.17) is 4.74 Å². The average molecular weight is 339 g/mol. The number of methoxy groups -OCH3 is 1. The van der Waals surface area contributed by atoms with E-state index in [1.54, 1.807) is 7.11 Å². The number of ether oxygens (including phenoxy) is 1. The normalized spacial score (nSPS) is 15.7. The van der Waals surface area contributed by atoms with Gasteiger partial charge in [0.2, 0.25) is 5.91 Å². The van der Waals surface area contributed by atoms with Gasteiger partial charge in [-0.2, -0.15) is 0 Å². The molecule has 132 valence electrons. The minimum absolute atomic E-state index is 0.109. The van der Waals surface area contributed by atoms with Gasteiger partial charge < -0.3 is 10.1 Å². The van der Waals surface area contributed by atoms with Crippen LogP contribution in [-0.4, -0.2) is 36.0 Å². The summed E-state index contributed by atoms with van der Waals surface area (Å²) in [5.41, 5.74) is 2.17. The van der Waals surface area contributed by atoms with Crippen LogP contribution in [-0.2, 0) is 17.9 Å². The zero-order valence-corrected chi connectivity index (χ0v) is 14.6. The number of hydrogen-bond acceptors (Lipinski definition) is 4. The number of carbonyl (C=O) groups is 1. The molecule has 25 heavy (non-hydrogen) atoms. The zero-order valence-electron chi connectivity index (χ0n) is 14.6. The lowest BCUT2D eigenvalue weighted by atomic mass is 9.95. The fourth-order valence-electron chi connectivity index (χ4n) is 3.15. The van der Waals surface area contributed by atoms with Gasteiger partial charge in [0.05, 0.1) is 12.8 Å². The van der Waals surface area contributed by atoms with E-state index in [0.717, 1.165) is 49.5 Å². The number of amides is 1. The van der Waals surface area contributed by atoms with Crippen LogP contribution in [0.5, 0.6) is 5.75 Å². The van der Waals surface area contributed by atoms with Crippen LogP contribution < -0.4 is 10.1 Å². The first-order valence-electron chi connectivity index (χ1n) is 8.77. The third kappa shape index (κ3) is 5.03. The maximum atomic E-state index is 12.4. The van der Waals surface area contributed by atoms with Gasteiger partial charge in [0, 0.05) is 25.2 Å². The van der Waals surface area contributed by atoms with Crippen molar-refractivity contribution in [3.63, 3.8) is 0 Å². The predicted octanol–water partition coefficient (Wildman–Crippen LogP) is 2.62. The Hall–Kier alpha value is -2.40. The van der Waals surface area contributed by atoms with Gasteiger partial charge in [-0.05, 0) is 55.8 Å². The topological polar surface area (TPSA) is 54.5 Å². The molecule has 1 fully saturated rings. The Morgan fingerprint density at radius 1 is 1.20 bits per heavy atom. The molecule has 1 N–H and O–H groups in total. The molecule has 0 atom stereocenters. The molecule has 0 radical (unpaired) electrons. The molecule has 2 heterocycles. The Labute approximate surface area is 149 Å². The quantitative estimate of drug-likeness (QED) is 0.879. The Bertz CT molecular complexity index is 665. The highest BCUT2D eigenvalue weighted by Gasteiger charge is 2.24. The van der Waals surface area contributed by atoms with Crippen LogP contribution >= 0.6 is 0 Å². The van der Waals surface area contributed by atoms with E-state index in [1.165, 1.54) is 0 Å². The van der Waals surface area contributed by atoms with Crippen LogP contribution in [0.4, 0.5) is 0 Å². The first kappa shape index (κ1) is 17.4. The maximum Gasteiger partial charge on any atom is 0.223 e. The van der Waals surface area contributed by atoms with Crippen molar-refractivity contribution in [1.29, 1.82) is 0 Å². The van der Waals surface area contributed by atoms with E-state index in [0.29, 0.717) is 6.54 Å². The number of hydrogen-bond donors (Lipinski definition) is 1. The van der Waals surface area contributed by atoms with E-state index >= 15 is 0 Å². The first-order chi connectivity index (χ1) is 12.2. The van der Waals surface area contributed by atoms with Gasteiger partial charge in [0.15, 0.2) is 0 Å². The van der Waals surface area contributed by atoms with Crippen molar-refractivity contribution in [1.82, 2.24) is 15.2 Å². The lowest BCUT2D eigenvalue weighted by Crippen LogP contribution is -2.40. The summed E-state index contributed by atoms with van der Waals surface area (Å²) < 4.78 is 5.15. The molecule has 1 amide bonds. The number of benzene rings is 1. The second kappa shape index (κ2) is 8.62. The molecule has 1 aromatic heterocycles. The van der Waals surface area contributed by atoms with Crippen molar-refractivity contribution in [2.24, 2.45) is 5.92 Å². The largest absolute Gasteiger partial charge is 0.497 e. The molecule has 0 unspecified atom stereocenters. The number of aromatic nitrogens is 1. The number of nitrogens with one attached hydrogen (secondary N) is 1. The van der Waals surface area contributed by atoms with Crippen molar-refractivity contribution in [3.05, 3.63) is 59.9 Å². The Morgan fingerprint density at radius 3 is 2.60 bits per heavy atom. The SMILES string of the molecule is COc1ccc(CNC(=O)C2CCN(Cc3ccccn3)CC2)cc1. The number of carbonyl (C=O) groups excluding carboxylic acids is 1. The summed E-state index contributed by atoms with van der Waals surface area (Å²) in [6, 6.07) is 13.8. The van der Waals surface area contributed by atoms with Crippen molar-refractivity contribution in [3.8, 4) is 5.75 Å². The highest BCUT2D eigenvalue weighted by Crippen LogP contribution is 2.19. The highest BCUT2D eigenvalue weighted by atomic mass is 16.5. The van der Waals surface area contributed by atoms with Gasteiger partial charge in [-0.15, -0.1) is 0 Å². The molecule has 1 saturated heterocycles. The summed E-state index contributed by atoms with van der Waals surface area (Å²) in [4.78, 5) is 19.1. The standard InChI is InChI=1S/C20H25N3O2/c1-25-19-7-5-16(6-8-19)14-22-20(24)17-9-12-23(13-10-17)15-18-4-2-3-11-21-18/h2-8,11,17H,9-10,12-15H2,1H3,(H,22,24). The molecular weight excluding hydrogens is 314 g/mol. The molecule has 1 aliphatic rings. The molecule has 1 aliphatic heterocycles. The van der Waals surface area contributed by atoms with Gasteiger partial charge in [0.25, 0.3) is 0 Å². The second-order valence-electron chi connectivity index (χ2n) is 6.44. The fourth-order valence-corrected chi connectivity index (χ4v) is 3.15. The molecule has 0 saturated carbocycles. The molecular formula is C20H25N3O2. The molecule has 1 aromatic carbocycles. The van der Waals surface area contributed by atoms with Crippen LogP contribution in [0.3, 0.4) is 0 Å². The van der Waals surface area contributed by atoms with Crippen LogP contribution in [0.25, 0.3) is 0 Å². The van der Waals surface area contributed by atoms with E-state index in [1.807, 2.05) is 48.7 Å². The summed E-state index contributed by atoms with van der Waals surface area (Å²) in [6.07, 6.45) is 3.64. The van der Waals surface area contributed by atoms with Crippen LogP contribution in [0, 0.1) is 5.92 Å². The van der Waals surface area contributed by atoms with E-state index in [9.17, 15) is 4.79 Å². The molecule has 0 spiro atoms. The Morgan fingerprint density at radius 2 is 1.96 bits per heavy atom. The molecule has 2 aromatic rings. The summed E-state index contributed by atoms with van der Waals surface area (Å²) >= 11 is 0. The molecule has 5 nitrogen and oxygen atoms in total. The van der Waals surface area contributed by atoms with Crippen molar-refractivity contribution in [2.45, 2.75) is 25.9 Å². The van der Waals surface area contributed by atoms with Gasteiger partial charge in [-0.3, -0.25) is 14.7 Å². The van der Waals surface area contributed by atoms with Gasteiger partial charge in [-0.25, -0.2) is 0 Å². The van der Waals surface area contributed by atoms with Gasteiger partial charge >= 0.3 is 0 Å².